The monoisotopic (exact) mass is 608 g/mol. The van der Waals surface area contributed by atoms with Crippen LogP contribution in [-0.2, 0) is 4.79 Å². The average Bonchev–Trinajstić information content (AvgIpc) is 2.89. The van der Waals surface area contributed by atoms with Gasteiger partial charge >= 0.3 is 0 Å². The van der Waals surface area contributed by atoms with Crippen LogP contribution >= 0.6 is 0 Å². The molecule has 0 aliphatic heterocycles. The fourth-order valence-corrected chi connectivity index (χ4v) is 7.33. The molecule has 0 radical (unpaired) electrons. The van der Waals surface area contributed by atoms with Gasteiger partial charge in [-0.1, -0.05) is 127 Å². The second-order valence-electron chi connectivity index (χ2n) is 15.5. The summed E-state index contributed by atoms with van der Waals surface area (Å²) in [6.45, 7) is 19.4. The number of allylic oxidation sites excluding steroid dienone is 9. The van der Waals surface area contributed by atoms with Gasteiger partial charge in [-0.25, -0.2) is 0 Å². The molecule has 2 aliphatic rings. The van der Waals surface area contributed by atoms with E-state index in [1.54, 1.807) is 6.08 Å². The SMILES string of the molecule is CC1=C[C@H](O)CC(C)(C)[C@H]1/C=C/C(C)CCCC(C)CC/C=C/C(C)/C=C/C=C(\CO)C(=O)CC1=C(C)C[C@@H](O)CC1(C)C. The van der Waals surface area contributed by atoms with Crippen molar-refractivity contribution >= 4 is 5.78 Å². The Morgan fingerprint density at radius 1 is 1.00 bits per heavy atom. The second-order valence-corrected chi connectivity index (χ2v) is 15.5. The largest absolute Gasteiger partial charge is 0.393 e. The summed E-state index contributed by atoms with van der Waals surface area (Å²) in [4.78, 5) is 13.0. The molecule has 4 heteroatoms. The predicted octanol–water partition coefficient (Wildman–Crippen LogP) is 9.24. The van der Waals surface area contributed by atoms with Crippen LogP contribution in [0.5, 0.6) is 0 Å². The second kappa shape index (κ2) is 17.6. The highest BCUT2D eigenvalue weighted by Gasteiger charge is 2.35. The van der Waals surface area contributed by atoms with E-state index in [0.29, 0.717) is 42.6 Å². The van der Waals surface area contributed by atoms with Gasteiger partial charge in [0.2, 0.25) is 0 Å². The number of hydrogen-bond acceptors (Lipinski definition) is 4. The molecular weight excluding hydrogens is 544 g/mol. The number of aliphatic hydroxyl groups excluding tert-OH is 3. The van der Waals surface area contributed by atoms with E-state index in [1.165, 1.54) is 31.3 Å². The molecule has 3 N–H and O–H groups in total. The van der Waals surface area contributed by atoms with Gasteiger partial charge in [0.25, 0.3) is 0 Å². The zero-order valence-electron chi connectivity index (χ0n) is 29.4. The van der Waals surface area contributed by atoms with Gasteiger partial charge in [0.1, 0.15) is 0 Å². The van der Waals surface area contributed by atoms with Crippen LogP contribution in [0, 0.1) is 34.5 Å². The van der Waals surface area contributed by atoms with Crippen LogP contribution in [0.2, 0.25) is 0 Å². The van der Waals surface area contributed by atoms with Crippen molar-refractivity contribution in [2.45, 2.75) is 132 Å². The van der Waals surface area contributed by atoms with Crippen LogP contribution in [0.15, 0.2) is 70.9 Å². The topological polar surface area (TPSA) is 77.8 Å². The van der Waals surface area contributed by atoms with E-state index in [0.717, 1.165) is 24.0 Å². The van der Waals surface area contributed by atoms with Crippen molar-refractivity contribution in [3.8, 4) is 0 Å². The van der Waals surface area contributed by atoms with Crippen molar-refractivity contribution < 1.29 is 20.1 Å². The van der Waals surface area contributed by atoms with Crippen LogP contribution < -0.4 is 0 Å². The molecule has 4 nitrogen and oxygen atoms in total. The fraction of sp³-hybridized carbons (Fsp3) is 0.675. The third-order valence-electron chi connectivity index (χ3n) is 9.98. The zero-order chi connectivity index (χ0) is 33.1. The van der Waals surface area contributed by atoms with E-state index in [2.05, 4.69) is 85.8 Å². The minimum atomic E-state index is -0.349. The number of carbonyl (C=O) groups excluding carboxylic acids is 1. The molecule has 0 aromatic rings. The number of hydrogen-bond donors (Lipinski definition) is 3. The normalized spacial score (nSPS) is 26.4. The summed E-state index contributed by atoms with van der Waals surface area (Å²) in [5.74, 6) is 1.88. The Balaban J connectivity index is 1.73. The molecule has 0 saturated carbocycles. The molecule has 0 fully saturated rings. The van der Waals surface area contributed by atoms with E-state index in [4.69, 9.17) is 0 Å². The molecule has 2 rings (SSSR count). The van der Waals surface area contributed by atoms with Gasteiger partial charge in [-0.2, -0.15) is 0 Å². The summed E-state index contributed by atoms with van der Waals surface area (Å²) >= 11 is 0. The quantitative estimate of drug-likeness (QED) is 0.0927. The minimum absolute atomic E-state index is 0.0419. The number of rotatable bonds is 16. The van der Waals surface area contributed by atoms with Crippen LogP contribution in [0.4, 0.5) is 0 Å². The molecule has 0 spiro atoms. The van der Waals surface area contributed by atoms with Gasteiger partial charge < -0.3 is 15.3 Å². The lowest BCUT2D eigenvalue weighted by Gasteiger charge is -2.39. The molecule has 0 aromatic heterocycles. The molecule has 44 heavy (non-hydrogen) atoms. The zero-order valence-corrected chi connectivity index (χ0v) is 29.4. The Morgan fingerprint density at radius 2 is 1.70 bits per heavy atom. The van der Waals surface area contributed by atoms with Crippen molar-refractivity contribution in [2.75, 3.05) is 6.61 Å². The molecule has 248 valence electrons. The third-order valence-corrected chi connectivity index (χ3v) is 9.98. The Hall–Kier alpha value is -2.01. The first-order chi connectivity index (χ1) is 20.6. The van der Waals surface area contributed by atoms with Gasteiger partial charge in [-0.05, 0) is 81.0 Å². The summed E-state index contributed by atoms with van der Waals surface area (Å²) in [5.41, 5.74) is 3.80. The standard InChI is InChI=1S/C40H64O4/c1-28(16-12-17-30(3)20-21-36-31(4)22-34(42)25-39(36,6)7)14-10-11-15-29(2)18-13-19-33(27-41)38(44)24-37-32(5)23-35(43)26-40(37,8)9/h11,13,15,18-22,28-30,34-36,41-43H,10,12,14,16-17,23-27H2,1-9H3/b15-11+,18-13+,21-20+,33-19+/t28?,29?,30?,34-,35+,36-/m0/s1. The van der Waals surface area contributed by atoms with Gasteiger partial charge in [0, 0.05) is 17.9 Å². The van der Waals surface area contributed by atoms with Gasteiger partial charge in [-0.3, -0.25) is 4.79 Å². The number of carbonyl (C=O) groups is 1. The minimum Gasteiger partial charge on any atom is -0.393 e. The lowest BCUT2D eigenvalue weighted by atomic mass is 9.67. The molecule has 0 aromatic carbocycles. The summed E-state index contributed by atoms with van der Waals surface area (Å²) in [6.07, 6.45) is 24.7. The van der Waals surface area contributed by atoms with Gasteiger partial charge in [0.15, 0.2) is 5.78 Å². The van der Waals surface area contributed by atoms with Crippen LogP contribution in [-0.4, -0.2) is 39.9 Å². The molecule has 0 bridgehead atoms. The summed E-state index contributed by atoms with van der Waals surface area (Å²) in [6, 6.07) is 0. The first kappa shape index (κ1) is 38.2. The highest BCUT2D eigenvalue weighted by atomic mass is 16.3. The Kier molecular flexibility index (Phi) is 15.3. The molecule has 0 amide bonds. The maximum Gasteiger partial charge on any atom is 0.165 e. The first-order valence-electron chi connectivity index (χ1n) is 17.2. The Morgan fingerprint density at radius 3 is 2.34 bits per heavy atom. The number of Topliss-reactive ketones (excluding diaryl/α,β-unsaturated/α-hetero) is 1. The molecule has 0 heterocycles. The number of aliphatic hydroxyl groups is 3. The van der Waals surface area contributed by atoms with Gasteiger partial charge in [0.05, 0.1) is 18.8 Å². The molecule has 3 unspecified atom stereocenters. The predicted molar refractivity (Wildman–Crippen MR) is 186 cm³/mol. The molecule has 0 saturated heterocycles. The van der Waals surface area contributed by atoms with Crippen molar-refractivity contribution in [3.05, 3.63) is 70.9 Å². The molecular formula is C40H64O4. The van der Waals surface area contributed by atoms with E-state index < -0.39 is 0 Å². The summed E-state index contributed by atoms with van der Waals surface area (Å²) in [7, 11) is 0. The van der Waals surface area contributed by atoms with Crippen molar-refractivity contribution in [1.29, 1.82) is 0 Å². The fourth-order valence-electron chi connectivity index (χ4n) is 7.33. The highest BCUT2D eigenvalue weighted by molar-refractivity contribution is 5.97. The first-order valence-corrected chi connectivity index (χ1v) is 17.2. The Bertz CT molecular complexity index is 1110. The van der Waals surface area contributed by atoms with Crippen molar-refractivity contribution in [3.63, 3.8) is 0 Å². The highest BCUT2D eigenvalue weighted by Crippen LogP contribution is 2.43. The summed E-state index contributed by atoms with van der Waals surface area (Å²) < 4.78 is 0. The van der Waals surface area contributed by atoms with E-state index in [1.807, 2.05) is 19.1 Å². The maximum absolute atomic E-state index is 13.0. The van der Waals surface area contributed by atoms with Crippen molar-refractivity contribution in [1.82, 2.24) is 0 Å². The lowest BCUT2D eigenvalue weighted by Crippen LogP contribution is -2.32. The molecule has 6 atom stereocenters. The summed E-state index contributed by atoms with van der Waals surface area (Å²) in [5, 5.41) is 30.1. The smallest absolute Gasteiger partial charge is 0.165 e. The van der Waals surface area contributed by atoms with Crippen molar-refractivity contribution in [2.24, 2.45) is 34.5 Å². The third kappa shape index (κ3) is 12.4. The van der Waals surface area contributed by atoms with E-state index in [-0.39, 0.29) is 41.3 Å². The van der Waals surface area contributed by atoms with E-state index in [9.17, 15) is 20.1 Å². The Labute approximate surface area is 269 Å². The average molecular weight is 609 g/mol. The maximum atomic E-state index is 13.0. The van der Waals surface area contributed by atoms with Crippen LogP contribution in [0.25, 0.3) is 0 Å². The van der Waals surface area contributed by atoms with Crippen LogP contribution in [0.3, 0.4) is 0 Å². The van der Waals surface area contributed by atoms with Crippen LogP contribution in [0.1, 0.15) is 120 Å². The molecule has 2 aliphatic carbocycles. The lowest BCUT2D eigenvalue weighted by molar-refractivity contribution is -0.115. The van der Waals surface area contributed by atoms with Gasteiger partial charge in [-0.15, -0.1) is 0 Å². The number of ketones is 1. The van der Waals surface area contributed by atoms with E-state index >= 15 is 0 Å².